The molecule has 3 heterocycles. The Bertz CT molecular complexity index is 1220. The van der Waals surface area contributed by atoms with Crippen LogP contribution in [0.3, 0.4) is 0 Å². The largest absolute Gasteiger partial charge is 0.494 e. The number of thioether (sulfide) groups is 1. The van der Waals surface area contributed by atoms with E-state index >= 15 is 0 Å². The molecular weight excluding hydrogens is 456 g/mol. The van der Waals surface area contributed by atoms with Crippen molar-refractivity contribution < 1.29 is 23.5 Å². The molecule has 0 radical (unpaired) electrons. The van der Waals surface area contributed by atoms with E-state index in [4.69, 9.17) is 13.9 Å². The minimum Gasteiger partial charge on any atom is -0.494 e. The summed E-state index contributed by atoms with van der Waals surface area (Å²) in [5.74, 6) is 0.716. The van der Waals surface area contributed by atoms with Gasteiger partial charge in [-0.05, 0) is 50.2 Å². The second-order valence-corrected chi connectivity index (χ2v) is 8.25. The van der Waals surface area contributed by atoms with Gasteiger partial charge in [0.25, 0.3) is 0 Å². The van der Waals surface area contributed by atoms with E-state index in [1.807, 2.05) is 6.92 Å². The molecule has 0 N–H and O–H groups in total. The second kappa shape index (κ2) is 10.3. The minimum atomic E-state index is -0.687. The van der Waals surface area contributed by atoms with Crippen LogP contribution in [0.4, 0.5) is 5.69 Å². The summed E-state index contributed by atoms with van der Waals surface area (Å²) in [5.41, 5.74) is 1.17. The summed E-state index contributed by atoms with van der Waals surface area (Å²) in [4.78, 5) is 31.4. The van der Waals surface area contributed by atoms with E-state index in [2.05, 4.69) is 21.8 Å². The lowest BCUT2D eigenvalue weighted by Crippen LogP contribution is -2.31. The molecule has 2 amide bonds. The lowest BCUT2D eigenvalue weighted by molar-refractivity contribution is -0.121. The predicted octanol–water partition coefficient (Wildman–Crippen LogP) is 4.48. The zero-order valence-corrected chi connectivity index (χ0v) is 19.4. The second-order valence-electron chi connectivity index (χ2n) is 7.08. The van der Waals surface area contributed by atoms with Crippen LogP contribution in [0.2, 0.25) is 0 Å². The molecule has 34 heavy (non-hydrogen) atoms. The zero-order chi connectivity index (χ0) is 24.1. The summed E-state index contributed by atoms with van der Waals surface area (Å²) in [7, 11) is 0. The molecule has 1 aromatic carbocycles. The van der Waals surface area contributed by atoms with Crippen molar-refractivity contribution in [2.24, 2.45) is 0 Å². The van der Waals surface area contributed by atoms with E-state index in [9.17, 15) is 9.59 Å². The number of allylic oxidation sites excluding steroid dienone is 1. The first-order valence-corrected chi connectivity index (χ1v) is 11.4. The quantitative estimate of drug-likeness (QED) is 0.325. The molecule has 10 heteroatoms. The van der Waals surface area contributed by atoms with Crippen molar-refractivity contribution in [2.45, 2.75) is 30.7 Å². The fourth-order valence-electron chi connectivity index (χ4n) is 3.29. The Hall–Kier alpha value is -3.92. The van der Waals surface area contributed by atoms with E-state index in [1.54, 1.807) is 49.4 Å². The Balaban J connectivity index is 1.56. The number of rotatable bonds is 9. The van der Waals surface area contributed by atoms with Gasteiger partial charge in [0.05, 0.1) is 24.8 Å². The highest BCUT2D eigenvalue weighted by Crippen LogP contribution is 2.34. The molecule has 1 fully saturated rings. The average molecular weight is 479 g/mol. The van der Waals surface area contributed by atoms with Gasteiger partial charge in [0.2, 0.25) is 17.0 Å². The lowest BCUT2D eigenvalue weighted by Gasteiger charge is -2.15. The first-order valence-electron chi connectivity index (χ1n) is 10.5. The van der Waals surface area contributed by atoms with Gasteiger partial charge >= 0.3 is 0 Å². The molecule has 1 unspecified atom stereocenters. The van der Waals surface area contributed by atoms with Gasteiger partial charge in [-0.1, -0.05) is 24.4 Å². The molecular formula is C24H22N4O5S. The van der Waals surface area contributed by atoms with Crippen molar-refractivity contribution in [1.82, 2.24) is 15.2 Å². The molecule has 9 nitrogen and oxygen atoms in total. The third kappa shape index (κ3) is 4.86. The predicted molar refractivity (Wildman–Crippen MR) is 127 cm³/mol. The molecule has 0 aliphatic carbocycles. The number of anilines is 1. The zero-order valence-electron chi connectivity index (χ0n) is 18.6. The number of hydrogen-bond acceptors (Lipinski definition) is 9. The Kier molecular flexibility index (Phi) is 7.07. The third-order valence-electron chi connectivity index (χ3n) is 4.79. The van der Waals surface area contributed by atoms with E-state index in [-0.39, 0.29) is 29.2 Å². The van der Waals surface area contributed by atoms with Crippen molar-refractivity contribution in [3.8, 4) is 17.2 Å². The number of aromatic nitrogens is 3. The Morgan fingerprint density at radius 2 is 2.06 bits per heavy atom. The van der Waals surface area contributed by atoms with Gasteiger partial charge in [0.15, 0.2) is 11.5 Å². The van der Waals surface area contributed by atoms with Crippen LogP contribution in [0.1, 0.15) is 26.0 Å². The molecule has 1 aliphatic rings. The highest BCUT2D eigenvalue weighted by molar-refractivity contribution is 8.00. The smallest absolute Gasteiger partial charge is 0.247 e. The Morgan fingerprint density at radius 1 is 1.26 bits per heavy atom. The Morgan fingerprint density at radius 3 is 2.74 bits per heavy atom. The molecule has 4 rings (SSSR count). The van der Waals surface area contributed by atoms with Crippen molar-refractivity contribution in [1.29, 1.82) is 0 Å². The number of hydrogen-bond donors (Lipinski definition) is 0. The summed E-state index contributed by atoms with van der Waals surface area (Å²) in [5, 5.41) is 7.90. The summed E-state index contributed by atoms with van der Waals surface area (Å²) in [6.07, 6.45) is 4.71. The van der Waals surface area contributed by atoms with Gasteiger partial charge in [-0.3, -0.25) is 9.59 Å². The number of amides is 2. The number of carbonyl (C=O) groups is 2. The van der Waals surface area contributed by atoms with Gasteiger partial charge in [-0.15, -0.1) is 10.2 Å². The highest BCUT2D eigenvalue weighted by atomic mass is 32.2. The number of carbonyl (C=O) groups excluding carboxylic acids is 2. The van der Waals surface area contributed by atoms with E-state index in [1.165, 1.54) is 17.4 Å². The van der Waals surface area contributed by atoms with Crippen LogP contribution in [-0.4, -0.2) is 38.9 Å². The maximum Gasteiger partial charge on any atom is 0.247 e. The monoisotopic (exact) mass is 478 g/mol. The molecule has 1 atom stereocenters. The van der Waals surface area contributed by atoms with Crippen LogP contribution in [0.15, 0.2) is 71.2 Å². The third-order valence-corrected chi connectivity index (χ3v) is 5.83. The van der Waals surface area contributed by atoms with Crippen molar-refractivity contribution in [2.75, 3.05) is 11.5 Å². The first kappa shape index (κ1) is 23.2. The van der Waals surface area contributed by atoms with Gasteiger partial charge in [-0.25, -0.2) is 9.88 Å². The number of furan rings is 1. The standard InChI is InChI=1S/C24H22N4O5S/c1-4-12-32-15(3)21-22(18-7-6-13-33-18)26-27-24(25-21)34-19-14-20(29)28(23(19)30)16-8-10-17(11-9-16)31-5-2/h4,6-13,19H,3,5,14H2,1-2H3/b12-4-. The van der Waals surface area contributed by atoms with E-state index < -0.39 is 5.25 Å². The molecule has 1 saturated heterocycles. The molecule has 0 saturated carbocycles. The van der Waals surface area contributed by atoms with Crippen LogP contribution in [0.5, 0.6) is 5.75 Å². The molecule has 2 aromatic heterocycles. The highest BCUT2D eigenvalue weighted by Gasteiger charge is 2.41. The fraction of sp³-hybridized carbons (Fsp3) is 0.208. The van der Waals surface area contributed by atoms with Crippen molar-refractivity contribution in [3.05, 3.63) is 67.3 Å². The van der Waals surface area contributed by atoms with Gasteiger partial charge in [-0.2, -0.15) is 0 Å². The number of nitrogens with zero attached hydrogens (tertiary/aromatic N) is 4. The van der Waals surface area contributed by atoms with Crippen LogP contribution in [0.25, 0.3) is 17.2 Å². The van der Waals surface area contributed by atoms with Crippen molar-refractivity contribution >= 4 is 35.0 Å². The van der Waals surface area contributed by atoms with Crippen LogP contribution >= 0.6 is 11.8 Å². The lowest BCUT2D eigenvalue weighted by atomic mass is 10.2. The van der Waals surface area contributed by atoms with Gasteiger partial charge in [0, 0.05) is 6.42 Å². The molecule has 0 bridgehead atoms. The topological polar surface area (TPSA) is 108 Å². The number of imide groups is 1. The molecule has 0 spiro atoms. The SMILES string of the molecule is C=C(O/C=C\C)c1nc(SC2CC(=O)N(c3ccc(OCC)cc3)C2=O)nnc1-c1ccco1. The van der Waals surface area contributed by atoms with Gasteiger partial charge in [0.1, 0.15) is 22.5 Å². The summed E-state index contributed by atoms with van der Waals surface area (Å²) < 4.78 is 16.3. The average Bonchev–Trinajstić information content (AvgIpc) is 3.47. The Labute approximate surface area is 200 Å². The molecule has 174 valence electrons. The summed E-state index contributed by atoms with van der Waals surface area (Å²) in [6, 6.07) is 10.3. The maximum atomic E-state index is 13.1. The van der Waals surface area contributed by atoms with Crippen molar-refractivity contribution in [3.63, 3.8) is 0 Å². The maximum absolute atomic E-state index is 13.1. The number of ether oxygens (including phenoxy) is 2. The number of benzene rings is 1. The summed E-state index contributed by atoms with van der Waals surface area (Å²) in [6.45, 7) is 8.13. The van der Waals surface area contributed by atoms with E-state index in [0.717, 1.165) is 11.8 Å². The van der Waals surface area contributed by atoms with Crippen LogP contribution < -0.4 is 9.64 Å². The van der Waals surface area contributed by atoms with Crippen LogP contribution in [-0.2, 0) is 14.3 Å². The molecule has 1 aliphatic heterocycles. The van der Waals surface area contributed by atoms with Crippen LogP contribution in [0, 0.1) is 0 Å². The fourth-order valence-corrected chi connectivity index (χ4v) is 4.21. The minimum absolute atomic E-state index is 0.0192. The summed E-state index contributed by atoms with van der Waals surface area (Å²) >= 11 is 1.07. The first-order chi connectivity index (χ1) is 16.5. The molecule has 3 aromatic rings. The van der Waals surface area contributed by atoms with Gasteiger partial charge < -0.3 is 13.9 Å². The van der Waals surface area contributed by atoms with E-state index in [0.29, 0.717) is 35.2 Å². The normalized spacial score (nSPS) is 15.8.